The molecule has 1 saturated heterocycles. The molecule has 178 valence electrons. The van der Waals surface area contributed by atoms with Crippen molar-refractivity contribution < 1.29 is 30.7 Å². The molecule has 0 saturated carbocycles. The molecule has 4 rings (SSSR count). The summed E-state index contributed by atoms with van der Waals surface area (Å²) in [5, 5.41) is 14.6. The van der Waals surface area contributed by atoms with Crippen molar-refractivity contribution in [2.75, 3.05) is 24.2 Å². The van der Waals surface area contributed by atoms with Crippen LogP contribution in [0.25, 0.3) is 16.9 Å². The van der Waals surface area contributed by atoms with Gasteiger partial charge in [0.15, 0.2) is 15.5 Å². The van der Waals surface area contributed by atoms with E-state index < -0.39 is 52.1 Å². The lowest BCUT2D eigenvalue weighted by Crippen LogP contribution is -2.57. The van der Waals surface area contributed by atoms with Crippen molar-refractivity contribution in [1.29, 1.82) is 0 Å². The molecule has 0 aromatic carbocycles. The van der Waals surface area contributed by atoms with Crippen LogP contribution in [0.3, 0.4) is 0 Å². The molecule has 0 aliphatic carbocycles. The predicted molar refractivity (Wildman–Crippen MR) is 110 cm³/mol. The standard InChI is InChI=1S/C19H20F4N6O3S/c1-33(31,32)18(24)12-10-27(7-5-19(12,22)23)16-8-11(4-6-28(16)30)14-9-25-15-3-2-13(17(20)21)26-29(14)15/h2-4,6,8-9,12,17-18H,5,7,10,24H2,1H3. The summed E-state index contributed by atoms with van der Waals surface area (Å²) >= 11 is 0. The van der Waals surface area contributed by atoms with Crippen LogP contribution < -0.4 is 15.4 Å². The Morgan fingerprint density at radius 3 is 2.70 bits per heavy atom. The first kappa shape index (κ1) is 23.2. The zero-order chi connectivity index (χ0) is 24.1. The SMILES string of the molecule is CS(=O)(=O)C(N)C1CN(c2cc(-c3cnc4ccc(C(F)F)nn34)cc[n+]2[O-])CCC1(F)F. The molecule has 0 radical (unpaired) electrons. The molecule has 1 aliphatic rings. The molecule has 9 nitrogen and oxygen atoms in total. The van der Waals surface area contributed by atoms with Gasteiger partial charge >= 0.3 is 0 Å². The highest BCUT2D eigenvalue weighted by molar-refractivity contribution is 7.91. The summed E-state index contributed by atoms with van der Waals surface area (Å²) in [6.45, 7) is -0.680. The molecule has 0 spiro atoms. The summed E-state index contributed by atoms with van der Waals surface area (Å²) in [6.07, 6.45) is -0.185. The van der Waals surface area contributed by atoms with Crippen LogP contribution in [-0.4, -0.2) is 53.7 Å². The summed E-state index contributed by atoms with van der Waals surface area (Å²) < 4.78 is 80.4. The zero-order valence-corrected chi connectivity index (χ0v) is 18.1. The number of pyridine rings is 1. The molecule has 1 aliphatic heterocycles. The molecule has 2 N–H and O–H groups in total. The number of piperidine rings is 1. The van der Waals surface area contributed by atoms with Gasteiger partial charge in [-0.05, 0) is 18.2 Å². The van der Waals surface area contributed by atoms with Gasteiger partial charge in [-0.15, -0.1) is 0 Å². The maximum absolute atomic E-state index is 14.5. The van der Waals surface area contributed by atoms with Gasteiger partial charge in [-0.25, -0.2) is 40.2 Å². The highest BCUT2D eigenvalue weighted by Gasteiger charge is 2.52. The van der Waals surface area contributed by atoms with Gasteiger partial charge in [0.1, 0.15) is 11.1 Å². The molecular weight excluding hydrogens is 468 g/mol. The molecule has 1 fully saturated rings. The summed E-state index contributed by atoms with van der Waals surface area (Å²) in [7, 11) is -3.96. The fraction of sp³-hybridized carbons (Fsp3) is 0.421. The highest BCUT2D eigenvalue weighted by atomic mass is 32.2. The monoisotopic (exact) mass is 488 g/mol. The Labute approximate surface area is 185 Å². The van der Waals surface area contributed by atoms with Gasteiger partial charge in [-0.2, -0.15) is 5.10 Å². The van der Waals surface area contributed by atoms with E-state index in [0.29, 0.717) is 21.6 Å². The van der Waals surface area contributed by atoms with Crippen molar-refractivity contribution in [3.63, 3.8) is 0 Å². The number of halogens is 4. The van der Waals surface area contributed by atoms with Gasteiger partial charge in [-0.3, -0.25) is 4.90 Å². The van der Waals surface area contributed by atoms with Crippen LogP contribution in [0.2, 0.25) is 0 Å². The Balaban J connectivity index is 1.73. The topological polar surface area (TPSA) is 121 Å². The predicted octanol–water partition coefficient (Wildman–Crippen LogP) is 1.76. The lowest BCUT2D eigenvalue weighted by atomic mass is 9.93. The Morgan fingerprint density at radius 1 is 1.30 bits per heavy atom. The number of hydrogen-bond donors (Lipinski definition) is 1. The van der Waals surface area contributed by atoms with E-state index in [1.807, 2.05) is 0 Å². The van der Waals surface area contributed by atoms with Gasteiger partial charge < -0.3 is 10.9 Å². The van der Waals surface area contributed by atoms with Gasteiger partial charge in [-0.1, -0.05) is 0 Å². The number of aromatic nitrogens is 4. The molecule has 0 amide bonds. The molecule has 3 aromatic heterocycles. The first-order valence-corrected chi connectivity index (χ1v) is 11.8. The third-order valence-corrected chi connectivity index (χ3v) is 7.01. The Morgan fingerprint density at radius 2 is 2.03 bits per heavy atom. The first-order valence-electron chi connectivity index (χ1n) is 9.82. The number of nitrogens with two attached hydrogens (primary N) is 1. The van der Waals surface area contributed by atoms with E-state index in [1.54, 1.807) is 0 Å². The summed E-state index contributed by atoms with van der Waals surface area (Å²) in [6, 6.07) is 5.33. The van der Waals surface area contributed by atoms with Gasteiger partial charge in [0.2, 0.25) is 0 Å². The number of fused-ring (bicyclic) bond motifs is 1. The summed E-state index contributed by atoms with van der Waals surface area (Å²) in [5.74, 6) is -5.08. The van der Waals surface area contributed by atoms with Crippen molar-refractivity contribution >= 4 is 21.3 Å². The van der Waals surface area contributed by atoms with E-state index in [-0.39, 0.29) is 12.4 Å². The minimum Gasteiger partial charge on any atom is -0.711 e. The Kier molecular flexibility index (Phi) is 5.68. The second-order valence-corrected chi connectivity index (χ2v) is 10.1. The number of nitrogens with zero attached hydrogens (tertiary/aromatic N) is 5. The van der Waals surface area contributed by atoms with Crippen LogP contribution in [0, 0.1) is 11.1 Å². The number of imidazole rings is 1. The fourth-order valence-corrected chi connectivity index (χ4v) is 4.73. The molecule has 33 heavy (non-hydrogen) atoms. The molecule has 14 heteroatoms. The maximum atomic E-state index is 14.5. The second kappa shape index (κ2) is 8.09. The zero-order valence-electron chi connectivity index (χ0n) is 17.3. The molecule has 2 atom stereocenters. The van der Waals surface area contributed by atoms with E-state index in [4.69, 9.17) is 5.73 Å². The number of hydrogen-bond acceptors (Lipinski definition) is 7. The first-order chi connectivity index (χ1) is 15.4. The minimum atomic E-state index is -3.96. The van der Waals surface area contributed by atoms with E-state index in [9.17, 15) is 31.2 Å². The van der Waals surface area contributed by atoms with Crippen LogP contribution >= 0.6 is 0 Å². The minimum absolute atomic E-state index is 0.0198. The molecule has 0 bridgehead atoms. The van der Waals surface area contributed by atoms with E-state index in [0.717, 1.165) is 18.5 Å². The van der Waals surface area contributed by atoms with Crippen LogP contribution in [-0.2, 0) is 9.84 Å². The van der Waals surface area contributed by atoms with Gasteiger partial charge in [0, 0.05) is 24.3 Å². The van der Waals surface area contributed by atoms with Crippen LogP contribution in [0.1, 0.15) is 18.5 Å². The van der Waals surface area contributed by atoms with Crippen molar-refractivity contribution in [1.82, 2.24) is 14.6 Å². The van der Waals surface area contributed by atoms with Crippen molar-refractivity contribution in [3.8, 4) is 11.3 Å². The number of sulfone groups is 1. The number of rotatable bonds is 5. The van der Waals surface area contributed by atoms with E-state index in [2.05, 4.69) is 10.1 Å². The average molecular weight is 488 g/mol. The van der Waals surface area contributed by atoms with Crippen molar-refractivity contribution in [3.05, 3.63) is 47.6 Å². The third kappa shape index (κ3) is 4.31. The van der Waals surface area contributed by atoms with Gasteiger partial charge in [0.25, 0.3) is 18.2 Å². The lowest BCUT2D eigenvalue weighted by molar-refractivity contribution is -0.592. The smallest absolute Gasteiger partial charge is 0.282 e. The Hall–Kier alpha value is -3.00. The largest absolute Gasteiger partial charge is 0.711 e. The Bertz CT molecular complexity index is 1300. The molecule has 3 aromatic rings. The average Bonchev–Trinajstić information content (AvgIpc) is 3.16. The molecule has 4 heterocycles. The lowest BCUT2D eigenvalue weighted by Gasteiger charge is -2.37. The number of alkyl halides is 4. The molecule has 2 unspecified atom stereocenters. The third-order valence-electron chi connectivity index (χ3n) is 5.69. The summed E-state index contributed by atoms with van der Waals surface area (Å²) in [5.41, 5.74) is 6.15. The molecular formula is C19H20F4N6O3S. The quantitative estimate of drug-likeness (QED) is 0.330. The van der Waals surface area contributed by atoms with Crippen molar-refractivity contribution in [2.24, 2.45) is 11.7 Å². The maximum Gasteiger partial charge on any atom is 0.282 e. The van der Waals surface area contributed by atoms with Crippen molar-refractivity contribution in [2.45, 2.75) is 24.1 Å². The van der Waals surface area contributed by atoms with Crippen LogP contribution in [0.5, 0.6) is 0 Å². The summed E-state index contributed by atoms with van der Waals surface area (Å²) in [4.78, 5) is 5.45. The van der Waals surface area contributed by atoms with Crippen LogP contribution in [0.4, 0.5) is 23.4 Å². The fourth-order valence-electron chi connectivity index (χ4n) is 3.85. The highest BCUT2D eigenvalue weighted by Crippen LogP contribution is 2.37. The van der Waals surface area contributed by atoms with Crippen LogP contribution in [0.15, 0.2) is 36.7 Å². The van der Waals surface area contributed by atoms with E-state index >= 15 is 0 Å². The number of anilines is 1. The second-order valence-electron chi connectivity index (χ2n) is 7.93. The van der Waals surface area contributed by atoms with E-state index in [1.165, 1.54) is 33.8 Å². The normalized spacial score (nSPS) is 19.8. The van der Waals surface area contributed by atoms with Gasteiger partial charge in [0.05, 0.1) is 37.1 Å².